The van der Waals surface area contributed by atoms with Crippen LogP contribution in [0.4, 0.5) is 0 Å². The predicted molar refractivity (Wildman–Crippen MR) is 258 cm³/mol. The van der Waals surface area contributed by atoms with Crippen molar-refractivity contribution in [3.8, 4) is 78.7 Å². The Morgan fingerprint density at radius 1 is 0.306 bits per heavy atom. The third-order valence-corrected chi connectivity index (χ3v) is 12.9. The number of hydrogen-bond acceptors (Lipinski definition) is 5. The monoisotopic (exact) mass is 809 g/mol. The van der Waals surface area contributed by atoms with Gasteiger partial charge in [0.1, 0.15) is 11.2 Å². The second-order valence-corrected chi connectivity index (χ2v) is 16.6. The minimum Gasteiger partial charge on any atom is -0.455 e. The number of nitrogens with zero attached hydrogens (tertiary/aromatic N) is 3. The maximum Gasteiger partial charge on any atom is 0.164 e. The van der Waals surface area contributed by atoms with Crippen LogP contribution in [0.15, 0.2) is 217 Å². The minimum absolute atomic E-state index is 0.626. The molecule has 4 nitrogen and oxygen atoms in total. The van der Waals surface area contributed by atoms with Gasteiger partial charge in [-0.05, 0) is 81.4 Å². The van der Waals surface area contributed by atoms with Crippen molar-refractivity contribution in [2.75, 3.05) is 0 Å². The molecule has 0 radical (unpaired) electrons. The summed E-state index contributed by atoms with van der Waals surface area (Å²) in [6.45, 7) is 0. The summed E-state index contributed by atoms with van der Waals surface area (Å²) in [5.74, 6) is 1.91. The highest BCUT2D eigenvalue weighted by molar-refractivity contribution is 7.26. The van der Waals surface area contributed by atoms with Gasteiger partial charge >= 0.3 is 0 Å². The molecule has 0 unspecified atom stereocenters. The highest BCUT2D eigenvalue weighted by Crippen LogP contribution is 2.42. The van der Waals surface area contributed by atoms with E-state index in [0.717, 1.165) is 77.4 Å². The van der Waals surface area contributed by atoms with Crippen molar-refractivity contribution < 1.29 is 4.42 Å². The molecule has 12 rings (SSSR count). The van der Waals surface area contributed by atoms with Gasteiger partial charge in [-0.3, -0.25) is 0 Å². The van der Waals surface area contributed by atoms with Gasteiger partial charge in [0.25, 0.3) is 0 Å². The fourth-order valence-corrected chi connectivity index (χ4v) is 9.83. The first-order valence-electron chi connectivity index (χ1n) is 20.7. The number of hydrogen-bond donors (Lipinski definition) is 0. The molecular formula is C57H35N3OS. The lowest BCUT2D eigenvalue weighted by Gasteiger charge is -2.11. The molecule has 0 N–H and O–H groups in total. The van der Waals surface area contributed by atoms with Crippen LogP contribution in [0.25, 0.3) is 121 Å². The molecule has 62 heavy (non-hydrogen) atoms. The molecule has 290 valence electrons. The Kier molecular flexibility index (Phi) is 8.65. The summed E-state index contributed by atoms with van der Waals surface area (Å²) in [4.78, 5) is 15.6. The van der Waals surface area contributed by atoms with E-state index in [1.165, 1.54) is 25.9 Å². The van der Waals surface area contributed by atoms with Crippen LogP contribution in [-0.2, 0) is 0 Å². The fraction of sp³-hybridized carbons (Fsp3) is 0. The zero-order valence-corrected chi connectivity index (χ0v) is 34.2. The van der Waals surface area contributed by atoms with E-state index in [9.17, 15) is 0 Å². The van der Waals surface area contributed by atoms with Crippen molar-refractivity contribution in [1.29, 1.82) is 0 Å². The fourth-order valence-electron chi connectivity index (χ4n) is 8.72. The molecule has 0 bridgehead atoms. The highest BCUT2D eigenvalue weighted by atomic mass is 32.1. The Labute approximate surface area is 362 Å². The smallest absolute Gasteiger partial charge is 0.164 e. The van der Waals surface area contributed by atoms with Crippen LogP contribution in [0.5, 0.6) is 0 Å². The van der Waals surface area contributed by atoms with Gasteiger partial charge in [-0.1, -0.05) is 170 Å². The van der Waals surface area contributed by atoms with Crippen LogP contribution in [0.3, 0.4) is 0 Å². The molecule has 3 heterocycles. The molecule has 0 aliphatic heterocycles. The zero-order valence-electron chi connectivity index (χ0n) is 33.4. The average Bonchev–Trinajstić information content (AvgIpc) is 3.93. The molecule has 0 amide bonds. The molecule has 5 heteroatoms. The van der Waals surface area contributed by atoms with Gasteiger partial charge in [0.15, 0.2) is 17.5 Å². The lowest BCUT2D eigenvalue weighted by atomic mass is 9.95. The SMILES string of the molecule is c1ccc(-c2ccc3sc4cccc(-c5nc(-c6ccccc6)nc(-c6cccc(-c7cccc(-c8cccc(-c9cccc%10c9oc9ccccc9%10)c8)c7)c6)n5)c4c3c2)cc1. The van der Waals surface area contributed by atoms with Crippen molar-refractivity contribution in [2.45, 2.75) is 0 Å². The number of para-hydroxylation sites is 2. The molecule has 0 spiro atoms. The topological polar surface area (TPSA) is 51.8 Å². The van der Waals surface area contributed by atoms with Crippen molar-refractivity contribution >= 4 is 53.4 Å². The van der Waals surface area contributed by atoms with Gasteiger partial charge in [0.05, 0.1) is 0 Å². The van der Waals surface area contributed by atoms with Crippen LogP contribution in [-0.4, -0.2) is 15.0 Å². The molecule has 0 aliphatic rings. The van der Waals surface area contributed by atoms with Crippen LogP contribution in [0.2, 0.25) is 0 Å². The van der Waals surface area contributed by atoms with Gasteiger partial charge in [-0.2, -0.15) is 0 Å². The standard InChI is InChI=1S/C57H35N3OS/c1-3-14-36(15-4-1)42-30-31-51-49(35-42)53-48(27-13-29-52(53)62-51)57-59-55(37-16-5-2-6-17-37)58-56(60-57)44-23-11-21-41(34-44)39-19-9-18-38(32-39)40-20-10-22-43(33-40)45-25-12-26-47-46-24-7-8-28-50(46)61-54(45)47/h1-35H. The summed E-state index contributed by atoms with van der Waals surface area (Å²) in [5.41, 5.74) is 13.7. The Hall–Kier alpha value is -7.99. The quantitative estimate of drug-likeness (QED) is 0.161. The number of fused-ring (bicyclic) bond motifs is 6. The van der Waals surface area contributed by atoms with Gasteiger partial charge in [-0.25, -0.2) is 15.0 Å². The van der Waals surface area contributed by atoms with Gasteiger partial charge in [0.2, 0.25) is 0 Å². The molecule has 0 fully saturated rings. The normalized spacial score (nSPS) is 11.5. The Morgan fingerprint density at radius 2 is 0.823 bits per heavy atom. The largest absolute Gasteiger partial charge is 0.455 e. The first kappa shape index (κ1) is 35.9. The number of thiophene rings is 1. The van der Waals surface area contributed by atoms with Gasteiger partial charge in [-0.15, -0.1) is 11.3 Å². The zero-order chi connectivity index (χ0) is 41.0. The third-order valence-electron chi connectivity index (χ3n) is 11.7. The van der Waals surface area contributed by atoms with Crippen LogP contribution in [0, 0.1) is 0 Å². The van der Waals surface area contributed by atoms with E-state index < -0.39 is 0 Å². The third kappa shape index (κ3) is 6.35. The minimum atomic E-state index is 0.626. The number of rotatable bonds is 7. The second kappa shape index (κ2) is 14.9. The van der Waals surface area contributed by atoms with E-state index >= 15 is 0 Å². The molecule has 3 aromatic heterocycles. The summed E-state index contributed by atoms with van der Waals surface area (Å²) in [6.07, 6.45) is 0. The Morgan fingerprint density at radius 3 is 1.58 bits per heavy atom. The molecule has 12 aromatic rings. The molecule has 9 aromatic carbocycles. The summed E-state index contributed by atoms with van der Waals surface area (Å²) in [5, 5.41) is 4.61. The molecule has 0 aliphatic carbocycles. The van der Waals surface area contributed by atoms with Gasteiger partial charge < -0.3 is 4.42 Å². The van der Waals surface area contributed by atoms with Gasteiger partial charge in [0, 0.05) is 53.2 Å². The van der Waals surface area contributed by atoms with E-state index in [1.807, 2.05) is 30.3 Å². The number of furan rings is 1. The number of aromatic nitrogens is 3. The molecular weight excluding hydrogens is 775 g/mol. The van der Waals surface area contributed by atoms with E-state index in [-0.39, 0.29) is 0 Å². The first-order chi connectivity index (χ1) is 30.7. The van der Waals surface area contributed by atoms with Crippen molar-refractivity contribution in [3.05, 3.63) is 212 Å². The predicted octanol–water partition coefficient (Wildman–Crippen LogP) is 15.8. The van der Waals surface area contributed by atoms with E-state index in [0.29, 0.717) is 17.5 Å². The molecule has 0 atom stereocenters. The summed E-state index contributed by atoms with van der Waals surface area (Å²) < 4.78 is 8.84. The summed E-state index contributed by atoms with van der Waals surface area (Å²) >= 11 is 1.80. The van der Waals surface area contributed by atoms with E-state index in [4.69, 9.17) is 19.4 Å². The van der Waals surface area contributed by atoms with Crippen LogP contribution in [0.1, 0.15) is 0 Å². The lowest BCUT2D eigenvalue weighted by Crippen LogP contribution is -2.00. The Balaban J connectivity index is 0.945. The van der Waals surface area contributed by atoms with Crippen molar-refractivity contribution in [3.63, 3.8) is 0 Å². The number of benzene rings is 9. The van der Waals surface area contributed by atoms with Crippen LogP contribution < -0.4 is 0 Å². The van der Waals surface area contributed by atoms with E-state index in [1.54, 1.807) is 11.3 Å². The van der Waals surface area contributed by atoms with Crippen molar-refractivity contribution in [2.24, 2.45) is 0 Å². The average molecular weight is 810 g/mol. The lowest BCUT2D eigenvalue weighted by molar-refractivity contribution is 0.670. The second-order valence-electron chi connectivity index (χ2n) is 15.6. The Bertz CT molecular complexity index is 3650. The van der Waals surface area contributed by atoms with Crippen molar-refractivity contribution in [1.82, 2.24) is 15.0 Å². The molecule has 0 saturated carbocycles. The maximum atomic E-state index is 6.41. The van der Waals surface area contributed by atoms with E-state index in [2.05, 4.69) is 182 Å². The summed E-state index contributed by atoms with van der Waals surface area (Å²) in [6, 6.07) is 74.6. The maximum absolute atomic E-state index is 6.41. The highest BCUT2D eigenvalue weighted by Gasteiger charge is 2.18. The van der Waals surface area contributed by atoms with Crippen LogP contribution >= 0.6 is 11.3 Å². The first-order valence-corrected chi connectivity index (χ1v) is 21.6. The molecule has 0 saturated heterocycles. The summed E-state index contributed by atoms with van der Waals surface area (Å²) in [7, 11) is 0.